The quantitative estimate of drug-likeness (QED) is 0.719. The molecule has 0 fully saturated rings. The summed E-state index contributed by atoms with van der Waals surface area (Å²) in [4.78, 5) is 11.7. The Kier molecular flexibility index (Phi) is 7.09. The van der Waals surface area contributed by atoms with Crippen molar-refractivity contribution in [3.05, 3.63) is 35.4 Å². The van der Waals surface area contributed by atoms with E-state index in [1.54, 1.807) is 13.8 Å². The lowest BCUT2D eigenvalue weighted by atomic mass is 10.0. The first kappa shape index (κ1) is 18.7. The highest BCUT2D eigenvalue weighted by molar-refractivity contribution is 7.98. The summed E-state index contributed by atoms with van der Waals surface area (Å²) >= 11 is 1.48. The number of carbonyl (C=O) groups is 1. The largest absolute Gasteiger partial charge is 0.387 e. The predicted octanol–water partition coefficient (Wildman–Crippen LogP) is 2.48. The molecule has 0 bridgehead atoms. The minimum atomic E-state index is -0.981. The minimum Gasteiger partial charge on any atom is -0.387 e. The summed E-state index contributed by atoms with van der Waals surface area (Å²) in [5, 5.41) is 15.1. The number of rotatable bonds is 7. The second-order valence-electron chi connectivity index (χ2n) is 5.56. The number of hydrogen-bond acceptors (Lipinski definition) is 3. The molecule has 0 saturated carbocycles. The van der Waals surface area contributed by atoms with Gasteiger partial charge in [-0.1, -0.05) is 13.0 Å². The van der Waals surface area contributed by atoms with Crippen molar-refractivity contribution in [2.24, 2.45) is 0 Å². The van der Waals surface area contributed by atoms with Crippen molar-refractivity contribution in [1.82, 2.24) is 10.6 Å². The molecule has 4 nitrogen and oxygen atoms in total. The van der Waals surface area contributed by atoms with Crippen molar-refractivity contribution in [2.75, 3.05) is 25.1 Å². The van der Waals surface area contributed by atoms with Crippen LogP contribution in [0.1, 0.15) is 25.3 Å². The summed E-state index contributed by atoms with van der Waals surface area (Å²) in [6, 6.07) is 2.95. The zero-order valence-electron chi connectivity index (χ0n) is 13.0. The number of thioether (sulfide) groups is 1. The molecule has 1 aromatic rings. The molecule has 0 radical (unpaired) electrons. The van der Waals surface area contributed by atoms with Gasteiger partial charge in [-0.3, -0.25) is 0 Å². The van der Waals surface area contributed by atoms with E-state index in [0.717, 1.165) is 6.07 Å². The third kappa shape index (κ3) is 6.19. The molecule has 0 aliphatic heterocycles. The molecule has 0 heterocycles. The highest BCUT2D eigenvalue weighted by Crippen LogP contribution is 2.19. The van der Waals surface area contributed by atoms with Gasteiger partial charge in [0.2, 0.25) is 0 Å². The number of aliphatic hydroxyl groups is 1. The van der Waals surface area contributed by atoms with Gasteiger partial charge in [-0.2, -0.15) is 11.8 Å². The first-order chi connectivity index (χ1) is 10.2. The van der Waals surface area contributed by atoms with Gasteiger partial charge in [0.15, 0.2) is 0 Å². The van der Waals surface area contributed by atoms with Crippen molar-refractivity contribution in [1.29, 1.82) is 0 Å². The fourth-order valence-corrected chi connectivity index (χ4v) is 2.68. The molecule has 0 spiro atoms. The van der Waals surface area contributed by atoms with Gasteiger partial charge in [0.25, 0.3) is 0 Å². The van der Waals surface area contributed by atoms with Gasteiger partial charge in [0, 0.05) is 30.8 Å². The standard InChI is InChI=1S/C15H22F2N2O2S/c1-10(12-5-4-11(16)6-13(12)17)7-18-14(20)19-8-15(2,21)9-22-3/h4-6,10,21H,7-9H2,1-3H3,(H2,18,19,20). The van der Waals surface area contributed by atoms with Crippen LogP contribution in [0.2, 0.25) is 0 Å². The third-order valence-corrected chi connectivity index (χ3v) is 4.06. The summed E-state index contributed by atoms with van der Waals surface area (Å²) in [5.74, 6) is -1.05. The van der Waals surface area contributed by atoms with Crippen molar-refractivity contribution < 1.29 is 18.7 Å². The molecular weight excluding hydrogens is 310 g/mol. The molecule has 2 unspecified atom stereocenters. The Bertz CT molecular complexity index is 512. The summed E-state index contributed by atoms with van der Waals surface area (Å²) in [6.07, 6.45) is 1.87. The zero-order chi connectivity index (χ0) is 16.8. The van der Waals surface area contributed by atoms with E-state index in [0.29, 0.717) is 11.3 Å². The Morgan fingerprint density at radius 1 is 1.41 bits per heavy atom. The number of benzene rings is 1. The molecule has 2 amide bonds. The Balaban J connectivity index is 2.43. The maximum atomic E-state index is 13.6. The molecule has 0 aliphatic rings. The van der Waals surface area contributed by atoms with E-state index < -0.39 is 23.3 Å². The maximum absolute atomic E-state index is 13.6. The minimum absolute atomic E-state index is 0.124. The number of urea groups is 1. The molecule has 0 saturated heterocycles. The van der Waals surface area contributed by atoms with E-state index in [1.807, 2.05) is 6.26 Å². The van der Waals surface area contributed by atoms with E-state index in [1.165, 1.54) is 23.9 Å². The van der Waals surface area contributed by atoms with E-state index in [9.17, 15) is 18.7 Å². The lowest BCUT2D eigenvalue weighted by molar-refractivity contribution is 0.0869. The third-order valence-electron chi connectivity index (χ3n) is 3.15. The molecular formula is C15H22F2N2O2S. The van der Waals surface area contributed by atoms with Crippen LogP contribution in [-0.4, -0.2) is 41.8 Å². The normalized spacial score (nSPS) is 15.0. The van der Waals surface area contributed by atoms with Gasteiger partial charge in [-0.05, 0) is 24.8 Å². The molecule has 1 rings (SSSR count). The van der Waals surface area contributed by atoms with Gasteiger partial charge in [0.05, 0.1) is 5.60 Å². The van der Waals surface area contributed by atoms with Crippen LogP contribution in [0.15, 0.2) is 18.2 Å². The van der Waals surface area contributed by atoms with Crippen molar-refractivity contribution >= 4 is 17.8 Å². The number of nitrogens with one attached hydrogen (secondary N) is 2. The first-order valence-corrected chi connectivity index (χ1v) is 8.32. The molecule has 1 aromatic carbocycles. The summed E-state index contributed by atoms with van der Waals surface area (Å²) in [6.45, 7) is 3.71. The number of carbonyl (C=O) groups excluding carboxylic acids is 1. The van der Waals surface area contributed by atoms with Gasteiger partial charge in [-0.15, -0.1) is 0 Å². The summed E-state index contributed by atoms with van der Waals surface area (Å²) in [7, 11) is 0. The van der Waals surface area contributed by atoms with Crippen LogP contribution in [0, 0.1) is 11.6 Å². The van der Waals surface area contributed by atoms with Crippen molar-refractivity contribution in [2.45, 2.75) is 25.4 Å². The van der Waals surface area contributed by atoms with E-state index in [-0.39, 0.29) is 19.0 Å². The first-order valence-electron chi connectivity index (χ1n) is 6.93. The number of halogens is 2. The average molecular weight is 332 g/mol. The van der Waals surface area contributed by atoms with Crippen LogP contribution in [0.5, 0.6) is 0 Å². The SMILES string of the molecule is CSCC(C)(O)CNC(=O)NCC(C)c1ccc(F)cc1F. The zero-order valence-corrected chi connectivity index (χ0v) is 13.8. The van der Waals surface area contributed by atoms with Crippen LogP contribution in [0.3, 0.4) is 0 Å². The lowest BCUT2D eigenvalue weighted by Gasteiger charge is -2.23. The van der Waals surface area contributed by atoms with Crippen LogP contribution in [0.4, 0.5) is 13.6 Å². The highest BCUT2D eigenvalue weighted by atomic mass is 32.2. The van der Waals surface area contributed by atoms with Crippen LogP contribution >= 0.6 is 11.8 Å². The van der Waals surface area contributed by atoms with Gasteiger partial charge in [-0.25, -0.2) is 13.6 Å². The second kappa shape index (κ2) is 8.33. The lowest BCUT2D eigenvalue weighted by Crippen LogP contribution is -2.46. The second-order valence-corrected chi connectivity index (χ2v) is 6.43. The Morgan fingerprint density at radius 2 is 2.09 bits per heavy atom. The van der Waals surface area contributed by atoms with Crippen molar-refractivity contribution in [3.8, 4) is 0 Å². The number of hydrogen-bond donors (Lipinski definition) is 3. The summed E-state index contributed by atoms with van der Waals surface area (Å²) in [5.41, 5.74) is -0.637. The fraction of sp³-hybridized carbons (Fsp3) is 0.533. The maximum Gasteiger partial charge on any atom is 0.314 e. The van der Waals surface area contributed by atoms with E-state index >= 15 is 0 Å². The van der Waals surface area contributed by atoms with E-state index in [2.05, 4.69) is 10.6 Å². The molecule has 3 N–H and O–H groups in total. The Hall–Kier alpha value is -1.34. The fourth-order valence-electron chi connectivity index (χ4n) is 1.95. The van der Waals surface area contributed by atoms with Gasteiger partial charge < -0.3 is 15.7 Å². The summed E-state index contributed by atoms with van der Waals surface area (Å²) < 4.78 is 26.5. The topological polar surface area (TPSA) is 61.4 Å². The molecule has 124 valence electrons. The van der Waals surface area contributed by atoms with E-state index in [4.69, 9.17) is 0 Å². The molecule has 7 heteroatoms. The average Bonchev–Trinajstić information content (AvgIpc) is 2.42. The highest BCUT2D eigenvalue weighted by Gasteiger charge is 2.20. The Morgan fingerprint density at radius 3 is 2.68 bits per heavy atom. The molecule has 0 aliphatic carbocycles. The van der Waals surface area contributed by atoms with Crippen LogP contribution < -0.4 is 10.6 Å². The predicted molar refractivity (Wildman–Crippen MR) is 85.2 cm³/mol. The molecule has 0 aromatic heterocycles. The number of amides is 2. The van der Waals surface area contributed by atoms with Gasteiger partial charge in [0.1, 0.15) is 11.6 Å². The molecule has 2 atom stereocenters. The van der Waals surface area contributed by atoms with Crippen LogP contribution in [-0.2, 0) is 0 Å². The molecule has 22 heavy (non-hydrogen) atoms. The van der Waals surface area contributed by atoms with Crippen LogP contribution in [0.25, 0.3) is 0 Å². The van der Waals surface area contributed by atoms with Gasteiger partial charge >= 0.3 is 6.03 Å². The Labute approximate surface area is 133 Å². The van der Waals surface area contributed by atoms with Crippen molar-refractivity contribution in [3.63, 3.8) is 0 Å². The monoisotopic (exact) mass is 332 g/mol. The smallest absolute Gasteiger partial charge is 0.314 e.